The molecule has 3 aromatic carbocycles. The maximum absolute atomic E-state index is 13.1. The van der Waals surface area contributed by atoms with Crippen LogP contribution in [-0.4, -0.2) is 34.6 Å². The highest BCUT2D eigenvalue weighted by Gasteiger charge is 2.48. The van der Waals surface area contributed by atoms with Crippen LogP contribution in [0.1, 0.15) is 76.5 Å². The van der Waals surface area contributed by atoms with Crippen molar-refractivity contribution in [1.29, 1.82) is 0 Å². The molecular weight excluding hydrogens is 576 g/mol. The van der Waals surface area contributed by atoms with Gasteiger partial charge in [0.1, 0.15) is 12.6 Å². The summed E-state index contributed by atoms with van der Waals surface area (Å²) < 4.78 is 8.25. The molecule has 0 N–H and O–H groups in total. The van der Waals surface area contributed by atoms with Gasteiger partial charge in [0.05, 0.1) is 11.1 Å². The highest BCUT2D eigenvalue weighted by Crippen LogP contribution is 2.46. The van der Waals surface area contributed by atoms with E-state index in [1.165, 1.54) is 44.9 Å². The second kappa shape index (κ2) is 13.7. The fourth-order valence-corrected chi connectivity index (χ4v) is 7.35. The number of carbonyl (C=O) groups excluding carboxylic acids is 1. The van der Waals surface area contributed by atoms with Crippen molar-refractivity contribution >= 4 is 28.8 Å². The van der Waals surface area contributed by atoms with E-state index in [2.05, 4.69) is 130 Å². The first-order valence-corrected chi connectivity index (χ1v) is 17.1. The lowest BCUT2D eigenvalue weighted by atomic mass is 9.74. The van der Waals surface area contributed by atoms with E-state index in [1.807, 2.05) is 24.3 Å². The van der Waals surface area contributed by atoms with Crippen LogP contribution in [0.25, 0.3) is 11.1 Å². The molecule has 240 valence electrons. The summed E-state index contributed by atoms with van der Waals surface area (Å²) in [6, 6.07) is 24.1. The van der Waals surface area contributed by atoms with E-state index in [1.54, 1.807) is 0 Å². The SMILES string of the molecule is CC=CCC1(C)C(CC=CC2=[N+](CCC)c3ccc(-c4ccc(C)cc4)cc3C2(C)CCC(=O)OC2C=CC=C2)=Nc2ccccc21. The van der Waals surface area contributed by atoms with Gasteiger partial charge >= 0.3 is 5.97 Å². The van der Waals surface area contributed by atoms with Crippen LogP contribution in [0.4, 0.5) is 11.4 Å². The first-order valence-electron chi connectivity index (χ1n) is 17.1. The summed E-state index contributed by atoms with van der Waals surface area (Å²) >= 11 is 0. The predicted molar refractivity (Wildman–Crippen MR) is 196 cm³/mol. The number of aryl methyl sites for hydroxylation is 1. The number of hydrogen-bond donors (Lipinski definition) is 0. The van der Waals surface area contributed by atoms with Crippen molar-refractivity contribution in [2.45, 2.75) is 83.7 Å². The maximum atomic E-state index is 13.1. The molecule has 6 rings (SSSR count). The van der Waals surface area contributed by atoms with Crippen molar-refractivity contribution in [3.05, 3.63) is 132 Å². The monoisotopic (exact) mass is 623 g/mol. The van der Waals surface area contributed by atoms with E-state index in [-0.39, 0.29) is 22.9 Å². The second-order valence-corrected chi connectivity index (χ2v) is 13.5. The molecule has 47 heavy (non-hydrogen) atoms. The van der Waals surface area contributed by atoms with E-state index in [9.17, 15) is 4.79 Å². The van der Waals surface area contributed by atoms with Gasteiger partial charge in [0.15, 0.2) is 5.71 Å². The summed E-state index contributed by atoms with van der Waals surface area (Å²) in [5, 5.41) is 0. The Balaban J connectivity index is 1.35. The van der Waals surface area contributed by atoms with Gasteiger partial charge in [-0.15, -0.1) is 0 Å². The quantitative estimate of drug-likeness (QED) is 0.114. The molecule has 4 heteroatoms. The van der Waals surface area contributed by atoms with Gasteiger partial charge in [-0.3, -0.25) is 9.79 Å². The van der Waals surface area contributed by atoms with Crippen LogP contribution in [-0.2, 0) is 20.4 Å². The fourth-order valence-electron chi connectivity index (χ4n) is 7.35. The molecule has 2 heterocycles. The smallest absolute Gasteiger partial charge is 0.306 e. The molecular formula is C43H47N2O2+. The number of rotatable bonds is 12. The third kappa shape index (κ3) is 6.39. The number of hydrogen-bond acceptors (Lipinski definition) is 3. The number of ether oxygens (including phenoxy) is 1. The molecule has 0 aromatic heterocycles. The average molecular weight is 624 g/mol. The Morgan fingerprint density at radius 3 is 2.43 bits per heavy atom. The Bertz CT molecular complexity index is 1830. The van der Waals surface area contributed by atoms with Gasteiger partial charge in [-0.1, -0.05) is 85.3 Å². The number of fused-ring (bicyclic) bond motifs is 2. The van der Waals surface area contributed by atoms with Gasteiger partial charge in [0.2, 0.25) is 5.69 Å². The Kier molecular flexibility index (Phi) is 9.40. The first kappa shape index (κ1) is 32.4. The van der Waals surface area contributed by atoms with Crippen LogP contribution in [0, 0.1) is 6.92 Å². The van der Waals surface area contributed by atoms with Gasteiger partial charge < -0.3 is 4.74 Å². The molecule has 0 spiro atoms. The number of aliphatic imine (C=N–C) groups is 1. The largest absolute Gasteiger partial charge is 0.454 e. The lowest BCUT2D eigenvalue weighted by Gasteiger charge is -2.26. The zero-order valence-electron chi connectivity index (χ0n) is 28.5. The van der Waals surface area contributed by atoms with E-state index in [0.29, 0.717) is 12.8 Å². The number of esters is 1. The van der Waals surface area contributed by atoms with Gasteiger partial charge in [0, 0.05) is 48.1 Å². The highest BCUT2D eigenvalue weighted by molar-refractivity contribution is 6.06. The van der Waals surface area contributed by atoms with Crippen molar-refractivity contribution < 1.29 is 14.1 Å². The molecule has 0 fully saturated rings. The van der Waals surface area contributed by atoms with Crippen molar-refractivity contribution in [2.75, 3.05) is 6.54 Å². The van der Waals surface area contributed by atoms with Crippen molar-refractivity contribution in [3.8, 4) is 11.1 Å². The molecule has 3 aromatic rings. The molecule has 0 bridgehead atoms. The number of para-hydroxylation sites is 1. The summed E-state index contributed by atoms with van der Waals surface area (Å²) in [5.74, 6) is -0.168. The minimum absolute atomic E-state index is 0.140. The fraction of sp³-hybridized carbons (Fsp3) is 0.326. The van der Waals surface area contributed by atoms with Gasteiger partial charge in [0.25, 0.3) is 0 Å². The minimum atomic E-state index is -0.378. The Morgan fingerprint density at radius 2 is 1.68 bits per heavy atom. The zero-order valence-corrected chi connectivity index (χ0v) is 28.5. The molecule has 2 aliphatic heterocycles. The molecule has 0 amide bonds. The van der Waals surface area contributed by atoms with Gasteiger partial charge in [-0.25, -0.2) is 0 Å². The predicted octanol–water partition coefficient (Wildman–Crippen LogP) is 10.2. The van der Waals surface area contributed by atoms with Crippen molar-refractivity contribution in [2.24, 2.45) is 4.99 Å². The zero-order chi connectivity index (χ0) is 33.0. The number of allylic oxidation sites excluding steroid dienone is 6. The lowest BCUT2D eigenvalue weighted by molar-refractivity contribution is -0.437. The standard InChI is InChI=1S/C43H47N2O2/c1-6-8-27-42(4)35-16-11-12-17-37(35)44-39(42)18-13-19-40-43(5,28-26-41(46)47-34-14-9-10-15-34)36-30-33(32-22-20-31(3)21-23-32)24-25-38(36)45(40)29-7-2/h6,8-17,19-25,30,34H,7,18,26-29H2,1-5H3/q+1. The summed E-state index contributed by atoms with van der Waals surface area (Å²) in [7, 11) is 0. The number of carbonyl (C=O) groups is 1. The Hall–Kier alpha value is -4.57. The lowest BCUT2D eigenvalue weighted by Crippen LogP contribution is -2.33. The average Bonchev–Trinajstić information content (AvgIpc) is 3.75. The van der Waals surface area contributed by atoms with Crippen LogP contribution in [0.15, 0.2) is 120 Å². The molecule has 4 nitrogen and oxygen atoms in total. The van der Waals surface area contributed by atoms with E-state index >= 15 is 0 Å². The van der Waals surface area contributed by atoms with E-state index in [4.69, 9.17) is 9.73 Å². The van der Waals surface area contributed by atoms with Crippen LogP contribution < -0.4 is 0 Å². The first-order chi connectivity index (χ1) is 22.8. The van der Waals surface area contributed by atoms with Crippen molar-refractivity contribution in [3.63, 3.8) is 0 Å². The van der Waals surface area contributed by atoms with Crippen LogP contribution in [0.5, 0.6) is 0 Å². The topological polar surface area (TPSA) is 41.7 Å². The number of benzene rings is 3. The third-order valence-electron chi connectivity index (χ3n) is 10.1. The summed E-state index contributed by atoms with van der Waals surface area (Å²) in [5.41, 5.74) is 10.4. The third-order valence-corrected chi connectivity index (χ3v) is 10.1. The molecule has 1 aliphatic carbocycles. The molecule has 2 atom stereocenters. The normalized spacial score (nSPS) is 21.7. The number of nitrogens with zero attached hydrogens (tertiary/aromatic N) is 2. The molecule has 2 unspecified atom stereocenters. The van der Waals surface area contributed by atoms with Gasteiger partial charge in [-0.2, -0.15) is 4.58 Å². The van der Waals surface area contributed by atoms with Crippen LogP contribution in [0.2, 0.25) is 0 Å². The molecule has 0 radical (unpaired) electrons. The Labute approximate surface area is 280 Å². The minimum Gasteiger partial charge on any atom is -0.454 e. The highest BCUT2D eigenvalue weighted by atomic mass is 16.5. The van der Waals surface area contributed by atoms with E-state index in [0.717, 1.165) is 31.5 Å². The maximum Gasteiger partial charge on any atom is 0.306 e. The van der Waals surface area contributed by atoms with Gasteiger partial charge in [-0.05, 0) is 87.6 Å². The second-order valence-electron chi connectivity index (χ2n) is 13.5. The van der Waals surface area contributed by atoms with Crippen LogP contribution >= 0.6 is 0 Å². The van der Waals surface area contributed by atoms with Crippen LogP contribution in [0.3, 0.4) is 0 Å². The van der Waals surface area contributed by atoms with Crippen molar-refractivity contribution in [1.82, 2.24) is 0 Å². The molecule has 3 aliphatic rings. The van der Waals surface area contributed by atoms with E-state index < -0.39 is 0 Å². The Morgan fingerprint density at radius 1 is 0.936 bits per heavy atom. The summed E-state index contributed by atoms with van der Waals surface area (Å²) in [6.07, 6.45) is 20.1. The summed E-state index contributed by atoms with van der Waals surface area (Å²) in [6.45, 7) is 12.0. The molecule has 0 saturated carbocycles. The molecule has 0 saturated heterocycles. The summed E-state index contributed by atoms with van der Waals surface area (Å²) in [4.78, 5) is 18.3.